The van der Waals surface area contributed by atoms with Crippen LogP contribution >= 0.6 is 0 Å². The van der Waals surface area contributed by atoms with Crippen LogP contribution in [0, 0.1) is 11.7 Å². The summed E-state index contributed by atoms with van der Waals surface area (Å²) in [6.07, 6.45) is 1.26. The summed E-state index contributed by atoms with van der Waals surface area (Å²) in [6, 6.07) is 18.8. The van der Waals surface area contributed by atoms with Crippen molar-refractivity contribution in [1.82, 2.24) is 0 Å². The highest BCUT2D eigenvalue weighted by molar-refractivity contribution is 5.72. The second kappa shape index (κ2) is 12.3. The largest absolute Gasteiger partial charge is 0.497 e. The molecule has 0 aliphatic rings. The molecule has 0 saturated carbocycles. The maximum atomic E-state index is 14.9. The summed E-state index contributed by atoms with van der Waals surface area (Å²) in [6.45, 7) is 11.0. The van der Waals surface area contributed by atoms with Crippen molar-refractivity contribution < 1.29 is 23.4 Å². The number of carbonyl (C=O) groups excluding carboxylic acids is 1. The van der Waals surface area contributed by atoms with Gasteiger partial charge in [0.25, 0.3) is 0 Å². The van der Waals surface area contributed by atoms with Crippen molar-refractivity contribution >= 4 is 5.97 Å². The Bertz CT molecular complexity index is 1190. The Kier molecular flexibility index (Phi) is 9.36. The molecule has 198 valence electrons. The summed E-state index contributed by atoms with van der Waals surface area (Å²) in [5.74, 6) is 1.42. The zero-order chi connectivity index (χ0) is 27.2. The predicted octanol–water partition coefficient (Wildman–Crippen LogP) is 8.07. The normalized spacial score (nSPS) is 12.4. The fourth-order valence-corrected chi connectivity index (χ4v) is 4.59. The Morgan fingerprint density at radius 3 is 2.16 bits per heavy atom. The number of hydrogen-bond donors (Lipinski definition) is 0. The van der Waals surface area contributed by atoms with Crippen LogP contribution in [0.25, 0.3) is 11.1 Å². The lowest BCUT2D eigenvalue weighted by Gasteiger charge is -2.24. The van der Waals surface area contributed by atoms with Gasteiger partial charge in [-0.1, -0.05) is 58.9 Å². The Morgan fingerprint density at radius 1 is 0.892 bits per heavy atom. The van der Waals surface area contributed by atoms with Crippen LogP contribution in [0.4, 0.5) is 4.39 Å². The van der Waals surface area contributed by atoms with Crippen LogP contribution in [0.15, 0.2) is 60.7 Å². The average Bonchev–Trinajstić information content (AvgIpc) is 2.86. The van der Waals surface area contributed by atoms with Gasteiger partial charge in [-0.25, -0.2) is 4.39 Å². The summed E-state index contributed by atoms with van der Waals surface area (Å²) in [5.41, 5.74) is 4.26. The number of carbonyl (C=O) groups is 1. The van der Waals surface area contributed by atoms with E-state index < -0.39 is 0 Å². The summed E-state index contributed by atoms with van der Waals surface area (Å²) in [5, 5.41) is 0. The van der Waals surface area contributed by atoms with E-state index in [1.807, 2.05) is 36.4 Å². The second-order valence-electron chi connectivity index (χ2n) is 10.9. The van der Waals surface area contributed by atoms with Gasteiger partial charge in [0.15, 0.2) is 0 Å². The molecule has 3 aromatic carbocycles. The summed E-state index contributed by atoms with van der Waals surface area (Å²) >= 11 is 0. The summed E-state index contributed by atoms with van der Waals surface area (Å²) in [7, 11) is 3.01. The van der Waals surface area contributed by atoms with Gasteiger partial charge in [-0.15, -0.1) is 0 Å². The Hall–Kier alpha value is -3.34. The molecular weight excluding hydrogens is 467 g/mol. The number of methoxy groups -OCH3 is 2. The summed E-state index contributed by atoms with van der Waals surface area (Å²) < 4.78 is 31.2. The van der Waals surface area contributed by atoms with E-state index in [2.05, 4.69) is 40.7 Å². The minimum Gasteiger partial charge on any atom is -0.497 e. The predicted molar refractivity (Wildman–Crippen MR) is 147 cm³/mol. The quantitative estimate of drug-likeness (QED) is 0.261. The smallest absolute Gasteiger partial charge is 0.306 e. The molecule has 0 radical (unpaired) electrons. The summed E-state index contributed by atoms with van der Waals surface area (Å²) in [4.78, 5) is 11.9. The standard InChI is InChI=1S/C32H39FO4/c1-21(2)16-24(18-31(34)36-7)23-9-11-25(12-10-23)37-20-22-8-14-29(32(3,4)5)27(17-22)28-19-26(35-6)13-15-30(28)33/h8-15,17,19,21,24H,16,18,20H2,1-7H3. The van der Waals surface area contributed by atoms with Gasteiger partial charge in [0.1, 0.15) is 23.9 Å². The number of halogens is 1. The van der Waals surface area contributed by atoms with Crippen LogP contribution in [0.3, 0.4) is 0 Å². The van der Waals surface area contributed by atoms with Crippen molar-refractivity contribution in [2.75, 3.05) is 14.2 Å². The molecule has 0 spiro atoms. The zero-order valence-corrected chi connectivity index (χ0v) is 23.1. The maximum Gasteiger partial charge on any atom is 0.306 e. The second-order valence-corrected chi connectivity index (χ2v) is 10.9. The molecule has 1 atom stereocenters. The number of ether oxygens (including phenoxy) is 3. The van der Waals surface area contributed by atoms with Crippen LogP contribution in [0.1, 0.15) is 70.1 Å². The molecule has 0 fully saturated rings. The van der Waals surface area contributed by atoms with Crippen LogP contribution in [-0.2, 0) is 21.6 Å². The molecule has 3 aromatic rings. The van der Waals surface area contributed by atoms with Gasteiger partial charge in [0, 0.05) is 5.56 Å². The minimum absolute atomic E-state index is 0.103. The van der Waals surface area contributed by atoms with Gasteiger partial charge in [0.05, 0.1) is 20.6 Å². The van der Waals surface area contributed by atoms with E-state index in [4.69, 9.17) is 14.2 Å². The van der Waals surface area contributed by atoms with E-state index >= 15 is 0 Å². The average molecular weight is 507 g/mol. The molecule has 0 aliphatic carbocycles. The SMILES string of the molecule is COC(=O)CC(CC(C)C)c1ccc(OCc2ccc(C(C)(C)C)c(-c3cc(OC)ccc3F)c2)cc1. The van der Waals surface area contributed by atoms with Gasteiger partial charge in [-0.2, -0.15) is 0 Å². The van der Waals surface area contributed by atoms with E-state index in [1.54, 1.807) is 19.2 Å². The fourth-order valence-electron chi connectivity index (χ4n) is 4.59. The van der Waals surface area contributed by atoms with E-state index in [0.29, 0.717) is 30.3 Å². The van der Waals surface area contributed by atoms with Gasteiger partial charge < -0.3 is 14.2 Å². The first-order chi connectivity index (χ1) is 17.5. The maximum absolute atomic E-state index is 14.9. The molecule has 0 N–H and O–H groups in total. The molecule has 0 heterocycles. The number of hydrogen-bond acceptors (Lipinski definition) is 4. The van der Waals surface area contributed by atoms with Crippen molar-refractivity contribution in [3.63, 3.8) is 0 Å². The lowest BCUT2D eigenvalue weighted by atomic mass is 9.81. The molecule has 3 rings (SSSR count). The molecule has 0 saturated heterocycles. The molecule has 1 unspecified atom stereocenters. The van der Waals surface area contributed by atoms with Gasteiger partial charge in [-0.05, 0) is 82.3 Å². The third-order valence-electron chi connectivity index (χ3n) is 6.51. The highest BCUT2D eigenvalue weighted by Crippen LogP contribution is 2.37. The van der Waals surface area contributed by atoms with E-state index in [1.165, 1.54) is 13.2 Å². The Morgan fingerprint density at radius 2 is 1.57 bits per heavy atom. The molecule has 0 amide bonds. The first-order valence-corrected chi connectivity index (χ1v) is 12.8. The molecular formula is C32H39FO4. The highest BCUT2D eigenvalue weighted by atomic mass is 19.1. The van der Waals surface area contributed by atoms with Crippen LogP contribution in [0.2, 0.25) is 0 Å². The molecule has 0 bridgehead atoms. The molecule has 0 aromatic heterocycles. The molecule has 5 heteroatoms. The fraction of sp³-hybridized carbons (Fsp3) is 0.406. The number of rotatable bonds is 10. The minimum atomic E-state index is -0.289. The van der Waals surface area contributed by atoms with Gasteiger partial charge >= 0.3 is 5.97 Å². The third kappa shape index (κ3) is 7.58. The lowest BCUT2D eigenvalue weighted by molar-refractivity contribution is -0.141. The topological polar surface area (TPSA) is 44.8 Å². The van der Waals surface area contributed by atoms with Gasteiger partial charge in [-0.3, -0.25) is 4.79 Å². The van der Waals surface area contributed by atoms with Crippen LogP contribution < -0.4 is 9.47 Å². The monoisotopic (exact) mass is 506 g/mol. The van der Waals surface area contributed by atoms with Crippen LogP contribution in [-0.4, -0.2) is 20.2 Å². The van der Waals surface area contributed by atoms with Gasteiger partial charge in [0.2, 0.25) is 0 Å². The Balaban J connectivity index is 1.83. The van der Waals surface area contributed by atoms with Crippen molar-refractivity contribution in [2.24, 2.45) is 5.92 Å². The van der Waals surface area contributed by atoms with Crippen molar-refractivity contribution in [2.45, 2.75) is 65.4 Å². The van der Waals surface area contributed by atoms with Crippen LogP contribution in [0.5, 0.6) is 11.5 Å². The highest BCUT2D eigenvalue weighted by Gasteiger charge is 2.22. The molecule has 4 nitrogen and oxygen atoms in total. The zero-order valence-electron chi connectivity index (χ0n) is 23.1. The van der Waals surface area contributed by atoms with E-state index in [0.717, 1.165) is 34.4 Å². The molecule has 0 aliphatic heterocycles. The van der Waals surface area contributed by atoms with E-state index in [-0.39, 0.29) is 23.1 Å². The van der Waals surface area contributed by atoms with Crippen molar-refractivity contribution in [1.29, 1.82) is 0 Å². The van der Waals surface area contributed by atoms with Crippen molar-refractivity contribution in [3.8, 4) is 22.6 Å². The Labute approximate surface area is 220 Å². The molecule has 37 heavy (non-hydrogen) atoms. The van der Waals surface area contributed by atoms with Crippen molar-refractivity contribution in [3.05, 3.63) is 83.2 Å². The first-order valence-electron chi connectivity index (χ1n) is 12.8. The number of esters is 1. The number of benzene rings is 3. The lowest BCUT2D eigenvalue weighted by Crippen LogP contribution is -2.13. The first kappa shape index (κ1) is 28.2. The third-order valence-corrected chi connectivity index (χ3v) is 6.51. The van der Waals surface area contributed by atoms with E-state index in [9.17, 15) is 9.18 Å².